The smallest absolute Gasteiger partial charge is 0.376 e. The van der Waals surface area contributed by atoms with E-state index in [1.807, 2.05) is 0 Å². The lowest BCUT2D eigenvalue weighted by Crippen LogP contribution is -2.44. The molecular weight excluding hydrogens is 426 g/mol. The fourth-order valence-electron chi connectivity index (χ4n) is 3.58. The molecule has 2 aromatic heterocycles. The number of benzene rings is 1. The summed E-state index contributed by atoms with van der Waals surface area (Å²) >= 11 is 0. The van der Waals surface area contributed by atoms with E-state index in [1.54, 1.807) is 12.3 Å². The third-order valence-electron chi connectivity index (χ3n) is 5.67. The second-order valence-corrected chi connectivity index (χ2v) is 7.84. The monoisotopic (exact) mass is 444 g/mol. The molecule has 2 N–H and O–H groups in total. The van der Waals surface area contributed by atoms with Crippen LogP contribution < -0.4 is 0 Å². The van der Waals surface area contributed by atoms with Gasteiger partial charge in [-0.05, 0) is 36.6 Å². The Kier molecular flexibility index (Phi) is 4.91. The van der Waals surface area contributed by atoms with Gasteiger partial charge >= 0.3 is 12.4 Å². The van der Waals surface area contributed by atoms with Gasteiger partial charge in [0.25, 0.3) is 0 Å². The van der Waals surface area contributed by atoms with Gasteiger partial charge in [0.2, 0.25) is 0 Å². The van der Waals surface area contributed by atoms with Crippen molar-refractivity contribution in [2.75, 3.05) is 0 Å². The fraction of sp³-hybridized carbons (Fsp3) is 0.400. The van der Waals surface area contributed by atoms with E-state index in [-0.39, 0.29) is 30.8 Å². The van der Waals surface area contributed by atoms with Crippen LogP contribution in [0.15, 0.2) is 48.9 Å². The molecule has 0 unspecified atom stereocenters. The third-order valence-corrected chi connectivity index (χ3v) is 5.67. The van der Waals surface area contributed by atoms with Crippen LogP contribution in [-0.2, 0) is 18.4 Å². The highest BCUT2D eigenvalue weighted by Gasteiger charge is 2.63. The Morgan fingerprint density at radius 1 is 1.06 bits per heavy atom. The average Bonchev–Trinajstić information content (AvgIpc) is 3.09. The number of H-pyrrole nitrogens is 1. The van der Waals surface area contributed by atoms with Gasteiger partial charge in [0.05, 0.1) is 11.1 Å². The molecule has 1 aromatic carbocycles. The zero-order valence-corrected chi connectivity index (χ0v) is 16.0. The second kappa shape index (κ2) is 7.11. The van der Waals surface area contributed by atoms with E-state index in [9.17, 15) is 31.4 Å². The number of halogens is 6. The molecule has 166 valence electrons. The van der Waals surface area contributed by atoms with Crippen molar-refractivity contribution in [3.05, 3.63) is 66.0 Å². The molecule has 0 amide bonds. The molecule has 3 aromatic rings. The van der Waals surface area contributed by atoms with Crippen molar-refractivity contribution in [1.29, 1.82) is 0 Å². The quantitative estimate of drug-likeness (QED) is 0.552. The van der Waals surface area contributed by atoms with Crippen LogP contribution in [0.1, 0.15) is 29.9 Å². The number of aromatic amines is 1. The standard InChI is InChI=1S/C20H18F6N4O/c21-19(22,23)17(6-7-17)10-14-12-27-16(29-14)11-18(31,20(24,25)26)13-2-4-15(5-3-13)30-9-1-8-28-30/h1-5,8-9,12,31H,6-7,10-11H2,(H,27,29)/t18-/m1/s1. The molecule has 1 saturated carbocycles. The van der Waals surface area contributed by atoms with E-state index in [0.29, 0.717) is 5.69 Å². The van der Waals surface area contributed by atoms with Crippen molar-refractivity contribution >= 4 is 0 Å². The molecule has 5 nitrogen and oxygen atoms in total. The highest BCUT2D eigenvalue weighted by Crippen LogP contribution is 2.59. The molecule has 0 radical (unpaired) electrons. The van der Waals surface area contributed by atoms with Crippen molar-refractivity contribution in [3.8, 4) is 5.69 Å². The summed E-state index contributed by atoms with van der Waals surface area (Å²) in [4.78, 5) is 6.32. The predicted molar refractivity (Wildman–Crippen MR) is 97.2 cm³/mol. The summed E-state index contributed by atoms with van der Waals surface area (Å²) in [7, 11) is 0. The summed E-state index contributed by atoms with van der Waals surface area (Å²) in [5.74, 6) is -0.246. The van der Waals surface area contributed by atoms with E-state index < -0.39 is 35.4 Å². The molecule has 1 atom stereocenters. The van der Waals surface area contributed by atoms with Crippen LogP contribution in [0.25, 0.3) is 5.69 Å². The van der Waals surface area contributed by atoms with Crippen LogP contribution >= 0.6 is 0 Å². The molecule has 1 aliphatic carbocycles. The topological polar surface area (TPSA) is 66.7 Å². The maximum atomic E-state index is 13.8. The van der Waals surface area contributed by atoms with E-state index in [4.69, 9.17) is 0 Å². The van der Waals surface area contributed by atoms with Crippen LogP contribution in [0.3, 0.4) is 0 Å². The first-order valence-corrected chi connectivity index (χ1v) is 9.43. The minimum Gasteiger partial charge on any atom is -0.376 e. The Hall–Kier alpha value is -2.82. The lowest BCUT2D eigenvalue weighted by Gasteiger charge is -2.30. The van der Waals surface area contributed by atoms with E-state index in [1.165, 1.54) is 23.0 Å². The van der Waals surface area contributed by atoms with Crippen LogP contribution in [0.2, 0.25) is 0 Å². The first-order valence-electron chi connectivity index (χ1n) is 9.43. The highest BCUT2D eigenvalue weighted by molar-refractivity contribution is 5.37. The molecule has 31 heavy (non-hydrogen) atoms. The zero-order valence-electron chi connectivity index (χ0n) is 16.0. The van der Waals surface area contributed by atoms with E-state index >= 15 is 0 Å². The summed E-state index contributed by atoms with van der Waals surface area (Å²) in [6, 6.07) is 6.69. The number of nitrogens with one attached hydrogen (secondary N) is 1. The van der Waals surface area contributed by atoms with Gasteiger partial charge < -0.3 is 10.1 Å². The van der Waals surface area contributed by atoms with Crippen molar-refractivity contribution in [1.82, 2.24) is 19.7 Å². The maximum Gasteiger partial charge on any atom is 0.421 e. The highest BCUT2D eigenvalue weighted by atomic mass is 19.4. The third kappa shape index (κ3) is 3.93. The normalized spacial score (nSPS) is 18.0. The van der Waals surface area contributed by atoms with Gasteiger partial charge in [-0.3, -0.25) is 0 Å². The van der Waals surface area contributed by atoms with Crippen LogP contribution in [0.4, 0.5) is 26.3 Å². The molecule has 1 fully saturated rings. The SMILES string of the molecule is O[C@](Cc1ncc(CC2(C(F)(F)F)CC2)[nH]1)(c1ccc(-n2cccn2)cc1)C(F)(F)F. The van der Waals surface area contributed by atoms with Gasteiger partial charge in [0.15, 0.2) is 5.60 Å². The number of hydrogen-bond acceptors (Lipinski definition) is 3. The molecule has 0 saturated heterocycles. The minimum absolute atomic E-state index is 0.0278. The van der Waals surface area contributed by atoms with E-state index in [2.05, 4.69) is 15.1 Å². The summed E-state index contributed by atoms with van der Waals surface area (Å²) in [5.41, 5.74) is -4.95. The number of imidazole rings is 1. The second-order valence-electron chi connectivity index (χ2n) is 7.84. The summed E-state index contributed by atoms with van der Waals surface area (Å²) in [6.45, 7) is 0. The van der Waals surface area contributed by atoms with Gasteiger partial charge in [-0.2, -0.15) is 31.4 Å². The number of aromatic nitrogens is 4. The molecule has 11 heteroatoms. The number of rotatable bonds is 6. The Morgan fingerprint density at radius 3 is 2.26 bits per heavy atom. The van der Waals surface area contributed by atoms with Gasteiger partial charge in [-0.1, -0.05) is 12.1 Å². The number of aliphatic hydroxyl groups is 1. The molecule has 0 aliphatic heterocycles. The minimum atomic E-state index is -5.04. The average molecular weight is 444 g/mol. The van der Waals surface area contributed by atoms with Crippen LogP contribution in [0.5, 0.6) is 0 Å². The lowest BCUT2D eigenvalue weighted by atomic mass is 9.89. The largest absolute Gasteiger partial charge is 0.421 e. The number of alkyl halides is 6. The molecule has 2 heterocycles. The first-order chi connectivity index (χ1) is 14.4. The molecular formula is C20H18F6N4O. The van der Waals surface area contributed by atoms with Crippen molar-refractivity contribution in [2.45, 2.75) is 43.6 Å². The van der Waals surface area contributed by atoms with Gasteiger partial charge in [-0.15, -0.1) is 0 Å². The molecule has 0 spiro atoms. The fourth-order valence-corrected chi connectivity index (χ4v) is 3.58. The number of nitrogens with zero attached hydrogens (tertiary/aromatic N) is 3. The summed E-state index contributed by atoms with van der Waals surface area (Å²) in [5, 5.41) is 14.6. The predicted octanol–water partition coefficient (Wildman–Crippen LogP) is 4.47. The Bertz CT molecular complexity index is 1040. The van der Waals surface area contributed by atoms with Crippen molar-refractivity contribution in [2.24, 2.45) is 5.41 Å². The van der Waals surface area contributed by atoms with Crippen LogP contribution in [0, 0.1) is 5.41 Å². The molecule has 4 rings (SSSR count). The maximum absolute atomic E-state index is 13.8. The Morgan fingerprint density at radius 2 is 1.74 bits per heavy atom. The van der Waals surface area contributed by atoms with Gasteiger partial charge in [0.1, 0.15) is 5.82 Å². The first kappa shape index (κ1) is 21.4. The molecule has 0 bridgehead atoms. The van der Waals surface area contributed by atoms with Gasteiger partial charge in [0, 0.05) is 37.1 Å². The molecule has 1 aliphatic rings. The van der Waals surface area contributed by atoms with Crippen LogP contribution in [-0.4, -0.2) is 37.2 Å². The van der Waals surface area contributed by atoms with Gasteiger partial charge in [-0.25, -0.2) is 9.67 Å². The number of hydrogen-bond donors (Lipinski definition) is 2. The summed E-state index contributed by atoms with van der Waals surface area (Å²) < 4.78 is 82.4. The van der Waals surface area contributed by atoms with E-state index in [0.717, 1.165) is 18.3 Å². The van der Waals surface area contributed by atoms with Crippen molar-refractivity contribution < 1.29 is 31.4 Å². The summed E-state index contributed by atoms with van der Waals surface area (Å²) in [6.07, 6.45) is -6.61. The Labute approximate surface area is 172 Å². The van der Waals surface area contributed by atoms with Crippen molar-refractivity contribution in [3.63, 3.8) is 0 Å². The lowest BCUT2D eigenvalue weighted by molar-refractivity contribution is -0.266. The zero-order chi connectivity index (χ0) is 22.5. The Balaban J connectivity index is 1.57.